The van der Waals surface area contributed by atoms with Gasteiger partial charge in [-0.2, -0.15) is 0 Å². The first-order valence-corrected chi connectivity index (χ1v) is 2.49. The highest BCUT2D eigenvalue weighted by Crippen LogP contribution is 2.30. The van der Waals surface area contributed by atoms with Gasteiger partial charge in [0.15, 0.2) is 5.67 Å². The summed E-state index contributed by atoms with van der Waals surface area (Å²) in [6, 6.07) is 0. The molecule has 1 nitrogen and oxygen atoms in total. The van der Waals surface area contributed by atoms with Crippen LogP contribution in [0.2, 0.25) is 0 Å². The highest BCUT2D eigenvalue weighted by molar-refractivity contribution is 4.84. The summed E-state index contributed by atoms with van der Waals surface area (Å²) in [5.41, 5.74) is -2.64. The zero-order chi connectivity index (χ0) is 7.71. The van der Waals surface area contributed by atoms with Crippen LogP contribution < -0.4 is 0 Å². The van der Waals surface area contributed by atoms with E-state index in [4.69, 9.17) is 5.11 Å². The molecule has 56 valence electrons. The Labute approximate surface area is 51.5 Å². The van der Waals surface area contributed by atoms with E-state index < -0.39 is 18.2 Å². The van der Waals surface area contributed by atoms with Crippen LogP contribution in [0.1, 0.15) is 13.8 Å². The van der Waals surface area contributed by atoms with Crippen LogP contribution in [0.25, 0.3) is 0 Å². The smallest absolute Gasteiger partial charge is 0.303 e. The number of hydrogen-bond acceptors (Lipinski definition) is 1. The van der Waals surface area contributed by atoms with Crippen molar-refractivity contribution in [2.45, 2.75) is 25.4 Å². The van der Waals surface area contributed by atoms with Crippen LogP contribution in [-0.4, -0.2) is 23.3 Å². The molecule has 0 saturated carbocycles. The molecule has 0 fully saturated rings. The molecule has 0 heterocycles. The average molecular weight is 142 g/mol. The van der Waals surface area contributed by atoms with Crippen LogP contribution in [-0.2, 0) is 0 Å². The Morgan fingerprint density at radius 1 is 1.22 bits per heavy atom. The minimum absolute atomic E-state index is 0.725. The van der Waals surface area contributed by atoms with Gasteiger partial charge < -0.3 is 5.11 Å². The number of rotatable bonds is 2. The van der Waals surface area contributed by atoms with Crippen molar-refractivity contribution < 1.29 is 18.3 Å². The predicted molar refractivity (Wildman–Crippen MR) is 27.2 cm³/mol. The maximum absolute atomic E-state index is 12.3. The molecule has 0 unspecified atom stereocenters. The normalized spacial score (nSPS) is 14.0. The topological polar surface area (TPSA) is 20.2 Å². The van der Waals surface area contributed by atoms with Crippen molar-refractivity contribution in [3.05, 3.63) is 0 Å². The summed E-state index contributed by atoms with van der Waals surface area (Å²) >= 11 is 0. The lowest BCUT2D eigenvalue weighted by Gasteiger charge is -2.23. The second-order valence-electron chi connectivity index (χ2n) is 2.34. The molecule has 9 heavy (non-hydrogen) atoms. The SMILES string of the molecule is CC(C)(F)C(F)(F)CO. The van der Waals surface area contributed by atoms with Crippen LogP contribution in [0.4, 0.5) is 13.2 Å². The molecule has 0 bridgehead atoms. The summed E-state index contributed by atoms with van der Waals surface area (Å²) < 4.78 is 36.3. The lowest BCUT2D eigenvalue weighted by molar-refractivity contribution is -0.147. The van der Waals surface area contributed by atoms with Gasteiger partial charge in [-0.25, -0.2) is 13.2 Å². The van der Waals surface area contributed by atoms with Crippen LogP contribution >= 0.6 is 0 Å². The lowest BCUT2D eigenvalue weighted by Crippen LogP contribution is -2.41. The van der Waals surface area contributed by atoms with Gasteiger partial charge in [-0.1, -0.05) is 0 Å². The minimum Gasteiger partial charge on any atom is -0.390 e. The Morgan fingerprint density at radius 3 is 1.56 bits per heavy atom. The van der Waals surface area contributed by atoms with Gasteiger partial charge in [0.2, 0.25) is 0 Å². The number of halogens is 3. The Morgan fingerprint density at radius 2 is 1.56 bits per heavy atom. The highest BCUT2D eigenvalue weighted by atomic mass is 19.3. The summed E-state index contributed by atoms with van der Waals surface area (Å²) in [6.07, 6.45) is 0. The monoisotopic (exact) mass is 142 g/mol. The number of hydrogen-bond donors (Lipinski definition) is 1. The summed E-state index contributed by atoms with van der Waals surface area (Å²) in [5.74, 6) is -3.63. The molecule has 0 rings (SSSR count). The van der Waals surface area contributed by atoms with Crippen LogP contribution in [0, 0.1) is 0 Å². The van der Waals surface area contributed by atoms with Crippen molar-refractivity contribution in [1.29, 1.82) is 0 Å². The third-order valence-electron chi connectivity index (χ3n) is 1.07. The van der Waals surface area contributed by atoms with E-state index in [9.17, 15) is 13.2 Å². The summed E-state index contributed by atoms with van der Waals surface area (Å²) in [5, 5.41) is 7.94. The largest absolute Gasteiger partial charge is 0.390 e. The van der Waals surface area contributed by atoms with Gasteiger partial charge in [0.25, 0.3) is 0 Å². The van der Waals surface area contributed by atoms with E-state index in [1.54, 1.807) is 0 Å². The second-order valence-corrected chi connectivity index (χ2v) is 2.34. The molecular formula is C5H9F3O. The first-order valence-electron chi connectivity index (χ1n) is 2.49. The number of alkyl halides is 3. The zero-order valence-corrected chi connectivity index (χ0v) is 5.29. The first kappa shape index (κ1) is 8.75. The summed E-state index contributed by atoms with van der Waals surface area (Å²) in [7, 11) is 0. The zero-order valence-electron chi connectivity index (χ0n) is 5.29. The Bertz CT molecular complexity index is 94.9. The maximum atomic E-state index is 12.3. The first-order chi connectivity index (χ1) is 3.81. The van der Waals surface area contributed by atoms with E-state index in [-0.39, 0.29) is 0 Å². The van der Waals surface area contributed by atoms with E-state index in [0.717, 1.165) is 13.8 Å². The fourth-order valence-electron chi connectivity index (χ4n) is 0.188. The van der Waals surface area contributed by atoms with Crippen LogP contribution in [0.3, 0.4) is 0 Å². The van der Waals surface area contributed by atoms with Crippen molar-refractivity contribution in [1.82, 2.24) is 0 Å². The van der Waals surface area contributed by atoms with E-state index in [1.165, 1.54) is 0 Å². The van der Waals surface area contributed by atoms with Gasteiger partial charge in [0.05, 0.1) is 0 Å². The standard InChI is InChI=1S/C5H9F3O/c1-4(2,6)5(7,8)3-9/h9H,3H2,1-2H3. The van der Waals surface area contributed by atoms with Gasteiger partial charge >= 0.3 is 5.92 Å². The van der Waals surface area contributed by atoms with Crippen LogP contribution in [0.15, 0.2) is 0 Å². The molecular weight excluding hydrogens is 133 g/mol. The van der Waals surface area contributed by atoms with Crippen molar-refractivity contribution in [3.63, 3.8) is 0 Å². The third kappa shape index (κ3) is 1.86. The minimum atomic E-state index is -3.63. The Hall–Kier alpha value is -0.250. The average Bonchev–Trinajstić information content (AvgIpc) is 1.64. The molecule has 0 atom stereocenters. The van der Waals surface area contributed by atoms with E-state index in [1.807, 2.05) is 0 Å². The number of aliphatic hydroxyl groups is 1. The molecule has 0 aliphatic rings. The molecule has 0 spiro atoms. The summed E-state index contributed by atoms with van der Waals surface area (Å²) in [4.78, 5) is 0. The maximum Gasteiger partial charge on any atom is 0.303 e. The molecule has 0 aliphatic carbocycles. The molecule has 0 aromatic rings. The van der Waals surface area contributed by atoms with Crippen molar-refractivity contribution >= 4 is 0 Å². The quantitative estimate of drug-likeness (QED) is 0.617. The van der Waals surface area contributed by atoms with Crippen molar-refractivity contribution in [2.75, 3.05) is 6.61 Å². The molecule has 0 aliphatic heterocycles. The third-order valence-corrected chi connectivity index (χ3v) is 1.07. The fraction of sp³-hybridized carbons (Fsp3) is 1.00. The van der Waals surface area contributed by atoms with Gasteiger partial charge in [0.1, 0.15) is 6.61 Å². The summed E-state index contributed by atoms with van der Waals surface area (Å²) in [6.45, 7) is 0.00292. The van der Waals surface area contributed by atoms with Gasteiger partial charge in [-0.3, -0.25) is 0 Å². The van der Waals surface area contributed by atoms with Crippen molar-refractivity contribution in [2.24, 2.45) is 0 Å². The molecule has 0 radical (unpaired) electrons. The highest BCUT2D eigenvalue weighted by Gasteiger charge is 2.46. The molecule has 4 heteroatoms. The Balaban J connectivity index is 4.14. The van der Waals surface area contributed by atoms with Crippen molar-refractivity contribution in [3.8, 4) is 0 Å². The van der Waals surface area contributed by atoms with Crippen LogP contribution in [0.5, 0.6) is 0 Å². The lowest BCUT2D eigenvalue weighted by atomic mass is 10.0. The molecule has 0 aromatic carbocycles. The van der Waals surface area contributed by atoms with E-state index >= 15 is 0 Å². The molecule has 0 aromatic heterocycles. The van der Waals surface area contributed by atoms with E-state index in [0.29, 0.717) is 0 Å². The number of aliphatic hydroxyl groups excluding tert-OH is 1. The second kappa shape index (κ2) is 2.17. The predicted octanol–water partition coefficient (Wildman–Crippen LogP) is 1.36. The molecule has 1 N–H and O–H groups in total. The molecule has 0 saturated heterocycles. The van der Waals surface area contributed by atoms with Gasteiger partial charge in [0, 0.05) is 0 Å². The Kier molecular flexibility index (Phi) is 2.11. The van der Waals surface area contributed by atoms with Gasteiger partial charge in [-0.15, -0.1) is 0 Å². The van der Waals surface area contributed by atoms with Gasteiger partial charge in [-0.05, 0) is 13.8 Å². The van der Waals surface area contributed by atoms with E-state index in [2.05, 4.69) is 0 Å². The fourth-order valence-corrected chi connectivity index (χ4v) is 0.188. The molecule has 0 amide bonds.